The first-order chi connectivity index (χ1) is 4.95. The van der Waals surface area contributed by atoms with Crippen LogP contribution in [0.1, 0.15) is 5.69 Å². The highest BCUT2D eigenvalue weighted by Crippen LogP contribution is 2.31. The first kappa shape index (κ1) is 4.74. The number of nitrogens with zero attached hydrogens (tertiary/aromatic N) is 1. The van der Waals surface area contributed by atoms with Gasteiger partial charge >= 0.3 is 0 Å². The molecule has 3 rings (SSSR count). The van der Waals surface area contributed by atoms with Crippen LogP contribution in [0.2, 0.25) is 0 Å². The number of aromatic nitrogens is 1. The molecule has 1 aliphatic heterocycles. The molecule has 0 N–H and O–H groups in total. The van der Waals surface area contributed by atoms with Crippen LogP contribution in [-0.2, 0) is 0 Å². The lowest BCUT2D eigenvalue weighted by Crippen LogP contribution is -1.94. The van der Waals surface area contributed by atoms with E-state index in [9.17, 15) is 0 Å². The Morgan fingerprint density at radius 3 is 3.20 bits per heavy atom. The van der Waals surface area contributed by atoms with E-state index in [0.717, 1.165) is 0 Å². The Kier molecular flexibility index (Phi) is 0.640. The zero-order valence-corrected chi connectivity index (χ0v) is 6.06. The van der Waals surface area contributed by atoms with Crippen LogP contribution in [-0.4, -0.2) is 4.57 Å². The summed E-state index contributed by atoms with van der Waals surface area (Å²) in [5.41, 5.74) is 1.37. The molecule has 2 heteroatoms. The van der Waals surface area contributed by atoms with Gasteiger partial charge < -0.3 is 4.57 Å². The van der Waals surface area contributed by atoms with Crippen LogP contribution < -0.4 is 0 Å². The lowest BCUT2D eigenvalue weighted by molar-refractivity contribution is 1.13. The summed E-state index contributed by atoms with van der Waals surface area (Å²) >= 11 is 1.81. The molecule has 0 spiro atoms. The normalized spacial score (nSPS) is 13.6. The van der Waals surface area contributed by atoms with E-state index in [1.807, 2.05) is 11.3 Å². The van der Waals surface area contributed by atoms with Crippen molar-refractivity contribution >= 4 is 33.7 Å². The average Bonchev–Trinajstić information content (AvgIpc) is 2.35. The molecule has 0 fully saturated rings. The van der Waals surface area contributed by atoms with Gasteiger partial charge in [0.2, 0.25) is 0 Å². The number of hydrogen-bond acceptors (Lipinski definition) is 1. The van der Waals surface area contributed by atoms with Gasteiger partial charge in [-0.25, -0.2) is 0 Å². The van der Waals surface area contributed by atoms with E-state index in [1.54, 1.807) is 0 Å². The molecule has 3 heterocycles. The molecule has 0 bridgehead atoms. The summed E-state index contributed by atoms with van der Waals surface area (Å²) in [5, 5.41) is 3.50. The van der Waals surface area contributed by atoms with Gasteiger partial charge in [-0.15, -0.1) is 11.3 Å². The Hall–Kier alpha value is -1.02. The van der Waals surface area contributed by atoms with E-state index in [2.05, 4.69) is 34.5 Å². The Balaban J connectivity index is 2.63. The lowest BCUT2D eigenvalue weighted by Gasteiger charge is -2.06. The minimum Gasteiger partial charge on any atom is -0.322 e. The highest BCUT2D eigenvalue weighted by molar-refractivity contribution is 7.17. The third kappa shape index (κ3) is 0.370. The van der Waals surface area contributed by atoms with E-state index in [-0.39, 0.29) is 0 Å². The highest BCUT2D eigenvalue weighted by atomic mass is 32.1. The number of hydrogen-bond donors (Lipinski definition) is 0. The largest absolute Gasteiger partial charge is 0.322 e. The van der Waals surface area contributed by atoms with Crippen molar-refractivity contribution in [2.45, 2.75) is 0 Å². The summed E-state index contributed by atoms with van der Waals surface area (Å²) in [4.78, 5) is 0. The van der Waals surface area contributed by atoms with Crippen molar-refractivity contribution in [3.8, 4) is 0 Å². The minimum atomic E-state index is 1.37. The number of thiophene rings is 1. The first-order valence-electron chi connectivity index (χ1n) is 3.21. The topological polar surface area (TPSA) is 4.93 Å². The summed E-state index contributed by atoms with van der Waals surface area (Å²) in [5.74, 6) is 0. The molecule has 0 aliphatic carbocycles. The predicted octanol–water partition coefficient (Wildman–Crippen LogP) is 2.64. The summed E-state index contributed by atoms with van der Waals surface area (Å²) < 4.78 is 3.59. The zero-order valence-electron chi connectivity index (χ0n) is 5.24. The predicted molar refractivity (Wildman–Crippen MR) is 45.0 cm³/mol. The van der Waals surface area contributed by atoms with Crippen molar-refractivity contribution < 1.29 is 0 Å². The van der Waals surface area contributed by atoms with Crippen LogP contribution in [0.3, 0.4) is 0 Å². The summed E-state index contributed by atoms with van der Waals surface area (Å²) in [6, 6.07) is 2.16. The Morgan fingerprint density at radius 2 is 2.40 bits per heavy atom. The quantitative estimate of drug-likeness (QED) is 0.460. The average molecular weight is 147 g/mol. The van der Waals surface area contributed by atoms with Crippen molar-refractivity contribution in [3.63, 3.8) is 0 Å². The van der Waals surface area contributed by atoms with Gasteiger partial charge in [-0.1, -0.05) is 0 Å². The molecule has 2 aromatic rings. The number of fused-ring (bicyclic) bond motifs is 3. The molecule has 2 aromatic heterocycles. The second-order valence-electron chi connectivity index (χ2n) is 2.44. The smallest absolute Gasteiger partial charge is 0.0643 e. The molecule has 1 nitrogen and oxygen atoms in total. The lowest BCUT2D eigenvalue weighted by atomic mass is 10.3. The second-order valence-corrected chi connectivity index (χ2v) is 3.36. The standard InChI is InChI=1S/C8H5NS/c1-3-9-5-6-2-4-10-8(6)7(1)9/h1-5H. The molecule has 0 radical (unpaired) electrons. The van der Waals surface area contributed by atoms with Crippen LogP contribution in [0.25, 0.3) is 22.4 Å². The van der Waals surface area contributed by atoms with Gasteiger partial charge in [0, 0.05) is 17.8 Å². The van der Waals surface area contributed by atoms with Gasteiger partial charge in [0.15, 0.2) is 0 Å². The Bertz CT molecular complexity index is 419. The first-order valence-corrected chi connectivity index (χ1v) is 4.09. The molecule has 0 aromatic carbocycles. The number of rotatable bonds is 0. The van der Waals surface area contributed by atoms with Crippen molar-refractivity contribution in [2.75, 3.05) is 0 Å². The molecule has 0 saturated heterocycles. The van der Waals surface area contributed by atoms with E-state index in [4.69, 9.17) is 0 Å². The second kappa shape index (κ2) is 1.35. The Morgan fingerprint density at radius 1 is 1.40 bits per heavy atom. The summed E-state index contributed by atoms with van der Waals surface area (Å²) in [6.45, 7) is 0. The van der Waals surface area contributed by atoms with E-state index in [1.165, 1.54) is 15.8 Å². The molecular formula is C8H5NS. The van der Waals surface area contributed by atoms with Crippen molar-refractivity contribution in [1.82, 2.24) is 4.57 Å². The van der Waals surface area contributed by atoms with E-state index >= 15 is 0 Å². The fourth-order valence-electron chi connectivity index (χ4n) is 1.32. The molecular weight excluding hydrogens is 142 g/mol. The maximum atomic E-state index is 2.17. The monoisotopic (exact) mass is 147 g/mol. The van der Waals surface area contributed by atoms with Gasteiger partial charge in [0.05, 0.1) is 10.4 Å². The van der Waals surface area contributed by atoms with E-state index in [0.29, 0.717) is 0 Å². The Labute approximate surface area is 62.2 Å². The van der Waals surface area contributed by atoms with E-state index < -0.39 is 0 Å². The molecule has 0 amide bonds. The van der Waals surface area contributed by atoms with Crippen LogP contribution in [0, 0.1) is 0 Å². The minimum absolute atomic E-state index is 1.37. The SMILES string of the molecule is C1=Cn2cc3ccsc3c21. The highest BCUT2D eigenvalue weighted by Gasteiger charge is 2.10. The summed E-state index contributed by atoms with van der Waals surface area (Å²) in [7, 11) is 0. The van der Waals surface area contributed by atoms with Crippen LogP contribution in [0.4, 0.5) is 0 Å². The fraction of sp³-hybridized carbons (Fsp3) is 0. The molecule has 0 atom stereocenters. The molecule has 1 aliphatic rings. The van der Waals surface area contributed by atoms with Gasteiger partial charge in [-0.3, -0.25) is 0 Å². The molecule has 10 heavy (non-hydrogen) atoms. The van der Waals surface area contributed by atoms with Crippen LogP contribution in [0.5, 0.6) is 0 Å². The van der Waals surface area contributed by atoms with Gasteiger partial charge in [0.25, 0.3) is 0 Å². The zero-order chi connectivity index (χ0) is 6.55. The maximum absolute atomic E-state index is 2.17. The third-order valence-corrected chi connectivity index (χ3v) is 2.83. The van der Waals surface area contributed by atoms with Crippen LogP contribution in [0.15, 0.2) is 17.6 Å². The molecule has 0 unspecified atom stereocenters. The van der Waals surface area contributed by atoms with Crippen LogP contribution >= 0.6 is 11.3 Å². The third-order valence-electron chi connectivity index (χ3n) is 1.88. The van der Waals surface area contributed by atoms with Crippen molar-refractivity contribution in [1.29, 1.82) is 0 Å². The van der Waals surface area contributed by atoms with Gasteiger partial charge in [-0.2, -0.15) is 0 Å². The summed E-state index contributed by atoms with van der Waals surface area (Å²) in [6.07, 6.45) is 6.40. The maximum Gasteiger partial charge on any atom is 0.0643 e. The van der Waals surface area contributed by atoms with Gasteiger partial charge in [0.1, 0.15) is 0 Å². The molecule has 48 valence electrons. The van der Waals surface area contributed by atoms with Crippen molar-refractivity contribution in [3.05, 3.63) is 23.3 Å². The molecule has 0 saturated carbocycles. The van der Waals surface area contributed by atoms with Crippen molar-refractivity contribution in [2.24, 2.45) is 0 Å². The van der Waals surface area contributed by atoms with Gasteiger partial charge in [-0.05, 0) is 17.5 Å². The fourth-order valence-corrected chi connectivity index (χ4v) is 2.22.